The molecular weight excluding hydrogens is 316 g/mol. The van der Waals surface area contributed by atoms with E-state index in [-0.39, 0.29) is 28.8 Å². The number of aliphatic hydroxyl groups excluding tert-OH is 1. The average Bonchev–Trinajstić information content (AvgIpc) is 2.84. The van der Waals surface area contributed by atoms with Crippen LogP contribution in [0.15, 0.2) is 11.6 Å². The van der Waals surface area contributed by atoms with Crippen molar-refractivity contribution in [3.05, 3.63) is 11.6 Å². The maximum Gasteiger partial charge on any atom is 0.302 e. The molecule has 138 valence electrons. The first-order valence-corrected chi connectivity index (χ1v) is 9.85. The summed E-state index contributed by atoms with van der Waals surface area (Å²) in [7, 11) is 0. The van der Waals surface area contributed by atoms with E-state index in [9.17, 15) is 14.7 Å². The van der Waals surface area contributed by atoms with Crippen molar-refractivity contribution < 1.29 is 19.4 Å². The van der Waals surface area contributed by atoms with Gasteiger partial charge in [0.1, 0.15) is 11.9 Å². The zero-order valence-corrected chi connectivity index (χ0v) is 15.6. The van der Waals surface area contributed by atoms with Gasteiger partial charge in [0.25, 0.3) is 0 Å². The molecule has 0 aromatic rings. The number of carbonyl (C=O) groups is 2. The lowest BCUT2D eigenvalue weighted by molar-refractivity contribution is -0.149. The van der Waals surface area contributed by atoms with E-state index in [0.29, 0.717) is 24.0 Å². The molecule has 25 heavy (non-hydrogen) atoms. The number of hydrogen-bond donors (Lipinski definition) is 1. The number of aliphatic hydroxyl groups is 1. The van der Waals surface area contributed by atoms with Crippen molar-refractivity contribution in [1.29, 1.82) is 0 Å². The van der Waals surface area contributed by atoms with Gasteiger partial charge in [-0.25, -0.2) is 0 Å². The van der Waals surface area contributed by atoms with Gasteiger partial charge in [0.15, 0.2) is 0 Å². The summed E-state index contributed by atoms with van der Waals surface area (Å²) in [6, 6.07) is 0. The van der Waals surface area contributed by atoms with Gasteiger partial charge in [-0.15, -0.1) is 0 Å². The molecule has 0 aromatic heterocycles. The van der Waals surface area contributed by atoms with Crippen molar-refractivity contribution in [1.82, 2.24) is 0 Å². The highest BCUT2D eigenvalue weighted by atomic mass is 16.5. The fourth-order valence-corrected chi connectivity index (χ4v) is 6.72. The molecule has 4 heteroatoms. The van der Waals surface area contributed by atoms with E-state index in [1.807, 2.05) is 6.08 Å². The molecule has 0 bridgehead atoms. The van der Waals surface area contributed by atoms with Crippen LogP contribution in [0.25, 0.3) is 0 Å². The standard InChI is InChI=1S/C21H30O4/c1-12(22)25-14-6-8-20(2)13(10-14)11-17(23)19-15-4-5-18(24)21(15,3)9-7-16(19)20/h11,14-17,19,23H,4-10H2,1-3H3/t14-,15+,16+,17-,19+,20+,21+/m1/s1. The Bertz CT molecular complexity index is 638. The molecule has 0 saturated heterocycles. The Hall–Kier alpha value is -1.16. The summed E-state index contributed by atoms with van der Waals surface area (Å²) in [5.74, 6) is 1.13. The van der Waals surface area contributed by atoms with Gasteiger partial charge in [-0.2, -0.15) is 0 Å². The van der Waals surface area contributed by atoms with Crippen LogP contribution >= 0.6 is 0 Å². The van der Waals surface area contributed by atoms with E-state index in [0.717, 1.165) is 38.5 Å². The molecule has 0 heterocycles. The van der Waals surface area contributed by atoms with Crippen LogP contribution in [-0.2, 0) is 14.3 Å². The van der Waals surface area contributed by atoms with Crippen LogP contribution in [0.5, 0.6) is 0 Å². The lowest BCUT2D eigenvalue weighted by atomic mass is 9.47. The highest BCUT2D eigenvalue weighted by molar-refractivity contribution is 5.87. The molecule has 7 atom stereocenters. The fraction of sp³-hybridized carbons (Fsp3) is 0.810. The lowest BCUT2D eigenvalue weighted by Gasteiger charge is -2.58. The fourth-order valence-electron chi connectivity index (χ4n) is 6.72. The highest BCUT2D eigenvalue weighted by Gasteiger charge is 2.60. The van der Waals surface area contributed by atoms with E-state index in [1.54, 1.807) is 0 Å². The first kappa shape index (κ1) is 17.3. The molecule has 0 aromatic carbocycles. The number of ether oxygens (including phenoxy) is 1. The second kappa shape index (κ2) is 5.67. The Morgan fingerprint density at radius 2 is 1.84 bits per heavy atom. The van der Waals surface area contributed by atoms with E-state index in [4.69, 9.17) is 4.74 Å². The molecular formula is C21H30O4. The summed E-state index contributed by atoms with van der Waals surface area (Å²) in [6.07, 6.45) is 7.76. The van der Waals surface area contributed by atoms with Crippen LogP contribution < -0.4 is 0 Å². The number of hydrogen-bond acceptors (Lipinski definition) is 4. The van der Waals surface area contributed by atoms with Gasteiger partial charge in [-0.05, 0) is 55.3 Å². The zero-order valence-electron chi connectivity index (χ0n) is 15.6. The molecule has 0 amide bonds. The van der Waals surface area contributed by atoms with Crippen molar-refractivity contribution in [2.75, 3.05) is 0 Å². The summed E-state index contributed by atoms with van der Waals surface area (Å²) in [6.45, 7) is 5.94. The van der Waals surface area contributed by atoms with Gasteiger partial charge in [-0.3, -0.25) is 9.59 Å². The van der Waals surface area contributed by atoms with Gasteiger partial charge < -0.3 is 9.84 Å². The second-order valence-electron chi connectivity index (χ2n) is 9.28. The topological polar surface area (TPSA) is 63.6 Å². The summed E-state index contributed by atoms with van der Waals surface area (Å²) < 4.78 is 5.45. The van der Waals surface area contributed by atoms with Gasteiger partial charge in [0, 0.05) is 25.2 Å². The number of esters is 1. The predicted molar refractivity (Wildman–Crippen MR) is 93.7 cm³/mol. The van der Waals surface area contributed by atoms with E-state index < -0.39 is 6.10 Å². The predicted octanol–water partition coefficient (Wildman–Crippen LogP) is 3.42. The van der Waals surface area contributed by atoms with Crippen LogP contribution in [0.1, 0.15) is 65.7 Å². The number of fused-ring (bicyclic) bond motifs is 5. The van der Waals surface area contributed by atoms with Crippen molar-refractivity contribution in [3.63, 3.8) is 0 Å². The smallest absolute Gasteiger partial charge is 0.302 e. The summed E-state index contributed by atoms with van der Waals surface area (Å²) in [5, 5.41) is 11.0. The second-order valence-corrected chi connectivity index (χ2v) is 9.28. The minimum absolute atomic E-state index is 0.0533. The Balaban J connectivity index is 1.65. The Morgan fingerprint density at radius 1 is 1.16 bits per heavy atom. The molecule has 3 fully saturated rings. The minimum Gasteiger partial charge on any atom is -0.462 e. The molecule has 0 radical (unpaired) electrons. The molecule has 4 nitrogen and oxygen atoms in total. The van der Waals surface area contributed by atoms with Crippen LogP contribution in [-0.4, -0.2) is 29.1 Å². The van der Waals surface area contributed by atoms with Gasteiger partial charge in [0.05, 0.1) is 6.10 Å². The monoisotopic (exact) mass is 346 g/mol. The van der Waals surface area contributed by atoms with Gasteiger partial charge >= 0.3 is 5.97 Å². The first-order chi connectivity index (χ1) is 11.8. The van der Waals surface area contributed by atoms with Crippen LogP contribution in [0.2, 0.25) is 0 Å². The van der Waals surface area contributed by atoms with E-state index in [2.05, 4.69) is 13.8 Å². The Kier molecular flexibility index (Phi) is 3.91. The van der Waals surface area contributed by atoms with Crippen LogP contribution in [0.3, 0.4) is 0 Å². The van der Waals surface area contributed by atoms with E-state index >= 15 is 0 Å². The third-order valence-corrected chi connectivity index (χ3v) is 8.13. The third-order valence-electron chi connectivity index (χ3n) is 8.13. The Morgan fingerprint density at radius 3 is 2.56 bits per heavy atom. The van der Waals surface area contributed by atoms with Crippen LogP contribution in [0.4, 0.5) is 0 Å². The SMILES string of the molecule is CC(=O)O[C@@H]1CC[C@@]2(C)C(=C[C@@H](O)[C@@H]3[C@@H]2CC[C@]2(C)C(=O)CC[C@@H]32)C1. The third kappa shape index (κ3) is 2.43. The van der Waals surface area contributed by atoms with Crippen molar-refractivity contribution in [3.8, 4) is 0 Å². The molecule has 4 rings (SSSR count). The molecule has 3 saturated carbocycles. The quantitative estimate of drug-likeness (QED) is 0.584. The number of Topliss-reactive ketones (excluding diaryl/α,β-unsaturated/α-hetero) is 1. The molecule has 0 unspecified atom stereocenters. The Labute approximate surface area is 150 Å². The summed E-state index contributed by atoms with van der Waals surface area (Å²) >= 11 is 0. The largest absolute Gasteiger partial charge is 0.462 e. The number of carbonyl (C=O) groups excluding carboxylic acids is 2. The maximum absolute atomic E-state index is 12.5. The van der Waals surface area contributed by atoms with Gasteiger partial charge in [-0.1, -0.05) is 25.5 Å². The molecule has 0 spiro atoms. The van der Waals surface area contributed by atoms with Crippen molar-refractivity contribution in [2.45, 2.75) is 77.9 Å². The summed E-state index contributed by atoms with van der Waals surface area (Å²) in [5.41, 5.74) is 1.12. The molecule has 0 aliphatic heterocycles. The van der Waals surface area contributed by atoms with Gasteiger partial charge in [0.2, 0.25) is 0 Å². The van der Waals surface area contributed by atoms with Crippen molar-refractivity contribution >= 4 is 11.8 Å². The molecule has 1 N–H and O–H groups in total. The van der Waals surface area contributed by atoms with E-state index in [1.165, 1.54) is 12.5 Å². The highest BCUT2D eigenvalue weighted by Crippen LogP contribution is 2.64. The molecule has 4 aliphatic carbocycles. The summed E-state index contributed by atoms with van der Waals surface area (Å²) in [4.78, 5) is 23.8. The number of ketones is 1. The average molecular weight is 346 g/mol. The number of rotatable bonds is 1. The molecule has 4 aliphatic rings. The van der Waals surface area contributed by atoms with Crippen LogP contribution in [0, 0.1) is 28.6 Å². The van der Waals surface area contributed by atoms with Crippen molar-refractivity contribution in [2.24, 2.45) is 28.6 Å². The maximum atomic E-state index is 12.5. The minimum atomic E-state index is -0.473. The lowest BCUT2D eigenvalue weighted by Crippen LogP contribution is -2.54. The normalized spacial score (nSPS) is 48.9. The zero-order chi connectivity index (χ0) is 18.0. The first-order valence-electron chi connectivity index (χ1n) is 9.85.